The maximum absolute atomic E-state index is 13.8. The normalized spacial score (nSPS) is 34.7. The van der Waals surface area contributed by atoms with E-state index in [0.29, 0.717) is 23.4 Å². The Bertz CT molecular complexity index is 1080. The van der Waals surface area contributed by atoms with Crippen molar-refractivity contribution in [3.05, 3.63) is 35.7 Å². The lowest BCUT2D eigenvalue weighted by Gasteiger charge is -2.56. The molecule has 4 saturated carbocycles. The molecule has 4 bridgehead atoms. The Hall–Kier alpha value is -2.54. The number of carbonyl (C=O) groups excluding carboxylic acids is 2. The van der Waals surface area contributed by atoms with Crippen molar-refractivity contribution in [1.29, 1.82) is 0 Å². The van der Waals surface area contributed by atoms with Crippen molar-refractivity contribution in [1.82, 2.24) is 14.9 Å². The molecule has 1 aromatic heterocycles. The third kappa shape index (κ3) is 3.61. The van der Waals surface area contributed by atoms with Gasteiger partial charge in [-0.1, -0.05) is 12.1 Å². The van der Waals surface area contributed by atoms with Crippen LogP contribution in [0.25, 0.3) is 11.0 Å². The first kappa shape index (κ1) is 21.0. The molecule has 0 spiro atoms. The fourth-order valence-corrected chi connectivity index (χ4v) is 7.44. The third-order valence-electron chi connectivity index (χ3n) is 8.50. The van der Waals surface area contributed by atoms with Crippen molar-refractivity contribution < 1.29 is 19.4 Å². The number of aliphatic hydroxyl groups is 1. The molecular weight excluding hydrogens is 418 g/mol. The van der Waals surface area contributed by atoms with Crippen LogP contribution in [0.2, 0.25) is 0 Å². The summed E-state index contributed by atoms with van der Waals surface area (Å²) >= 11 is 0. The molecule has 33 heavy (non-hydrogen) atoms. The standard InChI is InChI=1S/C26H31N3O4/c1-15-22(28-21-5-3-2-4-20(21)27-15)14-33-24(31)23-9-19(30)13-29(23)25(32)26-10-16-6-17(11-26)8-18(7-16)12-26/h2-5,16-19,23,30H,6-14H2,1H3/t16?,17?,18?,19-,23-,26?/m1/s1. The number of aromatic nitrogens is 2. The molecule has 2 aromatic rings. The van der Waals surface area contributed by atoms with Crippen LogP contribution in [0.5, 0.6) is 0 Å². The van der Waals surface area contributed by atoms with Gasteiger partial charge in [0.2, 0.25) is 5.91 Å². The molecular formula is C26H31N3O4. The van der Waals surface area contributed by atoms with Crippen LogP contribution in [-0.2, 0) is 20.9 Å². The lowest BCUT2D eigenvalue weighted by molar-refractivity contribution is -0.166. The highest BCUT2D eigenvalue weighted by molar-refractivity contribution is 5.89. The van der Waals surface area contributed by atoms with Crippen molar-refractivity contribution in [2.24, 2.45) is 23.2 Å². The van der Waals surface area contributed by atoms with Gasteiger partial charge in [-0.2, -0.15) is 0 Å². The second kappa shape index (κ2) is 7.76. The van der Waals surface area contributed by atoms with E-state index in [-0.39, 0.29) is 30.9 Å². The van der Waals surface area contributed by atoms with Gasteiger partial charge in [0, 0.05) is 13.0 Å². The first-order valence-corrected chi connectivity index (χ1v) is 12.3. The highest BCUT2D eigenvalue weighted by Crippen LogP contribution is 2.60. The average molecular weight is 450 g/mol. The molecule has 0 radical (unpaired) electrons. The van der Waals surface area contributed by atoms with Crippen molar-refractivity contribution in [2.45, 2.75) is 70.6 Å². The topological polar surface area (TPSA) is 92.6 Å². The zero-order chi connectivity index (χ0) is 22.7. The summed E-state index contributed by atoms with van der Waals surface area (Å²) in [6.07, 6.45) is 6.14. The van der Waals surface area contributed by atoms with E-state index in [2.05, 4.69) is 9.97 Å². The lowest BCUT2D eigenvalue weighted by atomic mass is 9.49. The molecule has 7 rings (SSSR count). The van der Waals surface area contributed by atoms with E-state index in [1.54, 1.807) is 4.90 Å². The minimum Gasteiger partial charge on any atom is -0.458 e. The van der Waals surface area contributed by atoms with Crippen molar-refractivity contribution in [2.75, 3.05) is 6.54 Å². The molecule has 0 unspecified atom stereocenters. The Kier molecular flexibility index (Phi) is 4.94. The Morgan fingerprint density at radius 3 is 2.27 bits per heavy atom. The molecule has 1 aromatic carbocycles. The molecule has 4 aliphatic carbocycles. The monoisotopic (exact) mass is 449 g/mol. The SMILES string of the molecule is Cc1nc2ccccc2nc1COC(=O)[C@H]1C[C@@H](O)CN1C(=O)C12CC3CC(CC(C3)C1)C2. The molecule has 1 N–H and O–H groups in total. The van der Waals surface area contributed by atoms with Gasteiger partial charge in [0.05, 0.1) is 33.9 Å². The van der Waals surface area contributed by atoms with Crippen LogP contribution < -0.4 is 0 Å². The molecule has 174 valence electrons. The molecule has 2 heterocycles. The van der Waals surface area contributed by atoms with Crippen LogP contribution >= 0.6 is 0 Å². The summed E-state index contributed by atoms with van der Waals surface area (Å²) in [5, 5.41) is 10.4. The van der Waals surface area contributed by atoms with Crippen molar-refractivity contribution in [3.63, 3.8) is 0 Å². The Labute approximate surface area is 193 Å². The molecule has 1 aliphatic heterocycles. The summed E-state index contributed by atoms with van der Waals surface area (Å²) in [6, 6.07) is 6.87. The van der Waals surface area contributed by atoms with Gasteiger partial charge in [-0.05, 0) is 75.3 Å². The van der Waals surface area contributed by atoms with E-state index in [9.17, 15) is 14.7 Å². The smallest absolute Gasteiger partial charge is 0.329 e. The zero-order valence-corrected chi connectivity index (χ0v) is 19.1. The summed E-state index contributed by atoms with van der Waals surface area (Å²) in [6.45, 7) is 2.08. The van der Waals surface area contributed by atoms with E-state index >= 15 is 0 Å². The lowest BCUT2D eigenvalue weighted by Crippen LogP contribution is -2.56. The van der Waals surface area contributed by atoms with Gasteiger partial charge in [-0.3, -0.25) is 4.79 Å². The molecule has 1 amide bonds. The maximum Gasteiger partial charge on any atom is 0.329 e. The number of nitrogens with zero attached hydrogens (tertiary/aromatic N) is 3. The second-order valence-electron chi connectivity index (χ2n) is 10.9. The summed E-state index contributed by atoms with van der Waals surface area (Å²) in [7, 11) is 0. The number of fused-ring (bicyclic) bond motifs is 1. The van der Waals surface area contributed by atoms with E-state index in [0.717, 1.165) is 36.0 Å². The minimum absolute atomic E-state index is 0.00842. The number of para-hydroxylation sites is 2. The van der Waals surface area contributed by atoms with Gasteiger partial charge in [0.15, 0.2) is 0 Å². The number of likely N-dealkylation sites (tertiary alicyclic amines) is 1. The fraction of sp³-hybridized carbons (Fsp3) is 0.615. The highest BCUT2D eigenvalue weighted by Gasteiger charge is 2.57. The van der Waals surface area contributed by atoms with Gasteiger partial charge >= 0.3 is 5.97 Å². The number of esters is 1. The molecule has 7 nitrogen and oxygen atoms in total. The Balaban J connectivity index is 1.18. The Morgan fingerprint density at radius 1 is 1.03 bits per heavy atom. The summed E-state index contributed by atoms with van der Waals surface area (Å²) < 4.78 is 5.64. The van der Waals surface area contributed by atoms with Gasteiger partial charge in [0.25, 0.3) is 0 Å². The van der Waals surface area contributed by atoms with E-state index in [1.165, 1.54) is 19.3 Å². The fourth-order valence-electron chi connectivity index (χ4n) is 7.44. The second-order valence-corrected chi connectivity index (χ2v) is 10.9. The molecule has 5 fully saturated rings. The quantitative estimate of drug-likeness (QED) is 0.721. The first-order chi connectivity index (χ1) is 15.9. The highest BCUT2D eigenvalue weighted by atomic mass is 16.5. The predicted octanol–water partition coefficient (Wildman–Crippen LogP) is 3.16. The number of hydrogen-bond acceptors (Lipinski definition) is 6. The van der Waals surface area contributed by atoms with Gasteiger partial charge in [0.1, 0.15) is 12.6 Å². The van der Waals surface area contributed by atoms with Crippen molar-refractivity contribution >= 4 is 22.9 Å². The van der Waals surface area contributed by atoms with Crippen LogP contribution in [-0.4, -0.2) is 50.5 Å². The zero-order valence-electron chi connectivity index (χ0n) is 19.1. The number of amides is 1. The number of ether oxygens (including phenoxy) is 1. The largest absolute Gasteiger partial charge is 0.458 e. The maximum atomic E-state index is 13.8. The molecule has 2 atom stereocenters. The molecule has 1 saturated heterocycles. The molecule has 7 heteroatoms. The third-order valence-corrected chi connectivity index (χ3v) is 8.50. The number of aliphatic hydroxyl groups excluding tert-OH is 1. The van der Waals surface area contributed by atoms with Gasteiger partial charge in [-0.15, -0.1) is 0 Å². The van der Waals surface area contributed by atoms with Crippen molar-refractivity contribution in [3.8, 4) is 0 Å². The van der Waals surface area contributed by atoms with Crippen LogP contribution in [0.1, 0.15) is 56.3 Å². The van der Waals surface area contributed by atoms with E-state index < -0.39 is 18.1 Å². The number of benzene rings is 1. The van der Waals surface area contributed by atoms with E-state index in [4.69, 9.17) is 4.74 Å². The van der Waals surface area contributed by atoms with Gasteiger partial charge < -0.3 is 14.7 Å². The number of β-amino-alcohol motifs (C(OH)–C–C–N with tert-alkyl or cyclic N) is 1. The number of rotatable bonds is 4. The number of aryl methyl sites for hydroxylation is 1. The van der Waals surface area contributed by atoms with Crippen LogP contribution in [0, 0.1) is 30.1 Å². The van der Waals surface area contributed by atoms with Crippen LogP contribution in [0.15, 0.2) is 24.3 Å². The predicted molar refractivity (Wildman–Crippen MR) is 121 cm³/mol. The first-order valence-electron chi connectivity index (χ1n) is 12.3. The summed E-state index contributed by atoms with van der Waals surface area (Å²) in [5.41, 5.74) is 2.55. The summed E-state index contributed by atoms with van der Waals surface area (Å²) in [5.74, 6) is 1.55. The number of hydrogen-bond donors (Lipinski definition) is 1. The van der Waals surface area contributed by atoms with Crippen LogP contribution in [0.3, 0.4) is 0 Å². The number of carbonyl (C=O) groups is 2. The summed E-state index contributed by atoms with van der Waals surface area (Å²) in [4.78, 5) is 37.7. The minimum atomic E-state index is -0.728. The van der Waals surface area contributed by atoms with Crippen LogP contribution in [0.4, 0.5) is 0 Å². The van der Waals surface area contributed by atoms with E-state index in [1.807, 2.05) is 31.2 Å². The average Bonchev–Trinajstić information content (AvgIpc) is 3.17. The van der Waals surface area contributed by atoms with Gasteiger partial charge in [-0.25, -0.2) is 14.8 Å². The Morgan fingerprint density at radius 2 is 1.64 bits per heavy atom. The molecule has 5 aliphatic rings.